The maximum Gasteiger partial charge on any atom is 0.263 e. The molecule has 138 valence electrons. The molecule has 1 fully saturated rings. The molecular formula is C18H19BrN2O4S. The van der Waals surface area contributed by atoms with Crippen molar-refractivity contribution in [2.45, 2.75) is 11.3 Å². The molecular weight excluding hydrogens is 420 g/mol. The number of nitrogens with one attached hydrogen (secondary N) is 1. The molecule has 1 amide bonds. The van der Waals surface area contributed by atoms with Crippen LogP contribution >= 0.6 is 15.9 Å². The van der Waals surface area contributed by atoms with Crippen LogP contribution in [0.1, 0.15) is 5.56 Å². The smallest absolute Gasteiger partial charge is 0.263 e. The second kappa shape index (κ2) is 8.20. The van der Waals surface area contributed by atoms with Gasteiger partial charge in [0.1, 0.15) is 4.90 Å². The molecule has 2 aromatic carbocycles. The minimum atomic E-state index is -3.68. The van der Waals surface area contributed by atoms with Crippen LogP contribution in [0.15, 0.2) is 57.9 Å². The van der Waals surface area contributed by atoms with E-state index in [1.54, 1.807) is 47.4 Å². The first-order chi connectivity index (χ1) is 12.5. The largest absolute Gasteiger partial charge is 0.378 e. The highest BCUT2D eigenvalue weighted by Crippen LogP contribution is 2.24. The van der Waals surface area contributed by atoms with Gasteiger partial charge >= 0.3 is 0 Å². The molecule has 0 saturated carbocycles. The van der Waals surface area contributed by atoms with E-state index < -0.39 is 10.0 Å². The Labute approximate surface area is 161 Å². The molecule has 0 atom stereocenters. The van der Waals surface area contributed by atoms with Crippen molar-refractivity contribution in [3.8, 4) is 0 Å². The summed E-state index contributed by atoms with van der Waals surface area (Å²) >= 11 is 3.25. The van der Waals surface area contributed by atoms with Crippen molar-refractivity contribution in [2.24, 2.45) is 0 Å². The molecule has 0 radical (unpaired) electrons. The fourth-order valence-electron chi connectivity index (χ4n) is 2.66. The van der Waals surface area contributed by atoms with Gasteiger partial charge in [-0.2, -0.15) is 0 Å². The molecule has 26 heavy (non-hydrogen) atoms. The number of nitrogens with zero attached hydrogens (tertiary/aromatic N) is 1. The molecule has 1 heterocycles. The van der Waals surface area contributed by atoms with Gasteiger partial charge in [0, 0.05) is 23.2 Å². The Morgan fingerprint density at radius 1 is 1.08 bits per heavy atom. The van der Waals surface area contributed by atoms with E-state index in [9.17, 15) is 13.2 Å². The first-order valence-corrected chi connectivity index (χ1v) is 10.5. The summed E-state index contributed by atoms with van der Waals surface area (Å²) in [5, 5.41) is 0. The van der Waals surface area contributed by atoms with E-state index in [2.05, 4.69) is 20.7 Å². The van der Waals surface area contributed by atoms with Crippen LogP contribution in [0.3, 0.4) is 0 Å². The lowest BCUT2D eigenvalue weighted by atomic mass is 10.1. The number of carbonyl (C=O) groups excluding carboxylic acids is 1. The van der Waals surface area contributed by atoms with Crippen LogP contribution in [0.4, 0.5) is 5.69 Å². The van der Waals surface area contributed by atoms with Crippen molar-refractivity contribution >= 4 is 37.5 Å². The lowest BCUT2D eigenvalue weighted by molar-refractivity contribution is -0.134. The van der Waals surface area contributed by atoms with Crippen molar-refractivity contribution in [1.29, 1.82) is 0 Å². The van der Waals surface area contributed by atoms with Gasteiger partial charge in [0.25, 0.3) is 10.0 Å². The fourth-order valence-corrected chi connectivity index (χ4v) is 4.73. The Kier molecular flexibility index (Phi) is 5.95. The second-order valence-electron chi connectivity index (χ2n) is 5.90. The zero-order valence-corrected chi connectivity index (χ0v) is 16.4. The monoisotopic (exact) mass is 438 g/mol. The van der Waals surface area contributed by atoms with Gasteiger partial charge in [-0.25, -0.2) is 8.42 Å². The van der Waals surface area contributed by atoms with Gasteiger partial charge < -0.3 is 9.64 Å². The number of sulfonamides is 1. The summed E-state index contributed by atoms with van der Waals surface area (Å²) in [6, 6.07) is 13.5. The molecule has 0 spiro atoms. The second-order valence-corrected chi connectivity index (χ2v) is 8.41. The SMILES string of the molecule is O=C(Cc1ccc(NS(=O)(=O)c2ccccc2Br)cc1)N1CCOCC1. The number of ether oxygens (including phenoxy) is 1. The number of morpholine rings is 1. The van der Waals surface area contributed by atoms with Crippen molar-refractivity contribution < 1.29 is 17.9 Å². The fraction of sp³-hybridized carbons (Fsp3) is 0.278. The van der Waals surface area contributed by atoms with Gasteiger partial charge in [0.15, 0.2) is 0 Å². The molecule has 0 bridgehead atoms. The van der Waals surface area contributed by atoms with Gasteiger partial charge in [0.05, 0.1) is 19.6 Å². The highest BCUT2D eigenvalue weighted by molar-refractivity contribution is 9.10. The Balaban J connectivity index is 1.66. The first kappa shape index (κ1) is 18.9. The van der Waals surface area contributed by atoms with Gasteiger partial charge in [-0.1, -0.05) is 24.3 Å². The van der Waals surface area contributed by atoms with E-state index in [0.717, 1.165) is 5.56 Å². The molecule has 3 rings (SSSR count). The molecule has 1 aliphatic rings. The highest BCUT2D eigenvalue weighted by atomic mass is 79.9. The predicted octanol–water partition coefficient (Wildman–Crippen LogP) is 2.65. The maximum atomic E-state index is 12.5. The van der Waals surface area contributed by atoms with E-state index in [-0.39, 0.29) is 17.2 Å². The van der Waals surface area contributed by atoms with Crippen LogP contribution in [-0.2, 0) is 26.0 Å². The summed E-state index contributed by atoms with van der Waals surface area (Å²) in [5.74, 6) is 0.0508. The Morgan fingerprint density at radius 2 is 1.73 bits per heavy atom. The zero-order valence-electron chi connectivity index (χ0n) is 14.0. The van der Waals surface area contributed by atoms with Gasteiger partial charge in [-0.05, 0) is 45.8 Å². The molecule has 0 aliphatic carbocycles. The van der Waals surface area contributed by atoms with Crippen LogP contribution in [-0.4, -0.2) is 45.5 Å². The predicted molar refractivity (Wildman–Crippen MR) is 102 cm³/mol. The van der Waals surface area contributed by atoms with Crippen molar-refractivity contribution in [1.82, 2.24) is 4.90 Å². The zero-order chi connectivity index (χ0) is 18.6. The minimum Gasteiger partial charge on any atom is -0.378 e. The number of amides is 1. The van der Waals surface area contributed by atoms with Crippen molar-refractivity contribution in [3.63, 3.8) is 0 Å². The summed E-state index contributed by atoms with van der Waals surface area (Å²) in [5.41, 5.74) is 1.29. The Bertz CT molecular complexity index is 878. The molecule has 6 nitrogen and oxygen atoms in total. The number of benzene rings is 2. The van der Waals surface area contributed by atoms with Gasteiger partial charge in [0.2, 0.25) is 5.91 Å². The standard InChI is InChI=1S/C18H19BrN2O4S/c19-16-3-1-2-4-17(16)26(23,24)20-15-7-5-14(6-8-15)13-18(22)21-9-11-25-12-10-21/h1-8,20H,9-13H2. The number of hydrogen-bond acceptors (Lipinski definition) is 4. The van der Waals surface area contributed by atoms with E-state index in [4.69, 9.17) is 4.74 Å². The van der Waals surface area contributed by atoms with Crippen LogP contribution in [0, 0.1) is 0 Å². The molecule has 2 aromatic rings. The highest BCUT2D eigenvalue weighted by Gasteiger charge is 2.18. The number of rotatable bonds is 5. The third-order valence-corrected chi connectivity index (χ3v) is 6.44. The van der Waals surface area contributed by atoms with Crippen LogP contribution in [0.2, 0.25) is 0 Å². The van der Waals surface area contributed by atoms with Gasteiger partial charge in [-0.3, -0.25) is 9.52 Å². The third kappa shape index (κ3) is 4.63. The minimum absolute atomic E-state index is 0.0508. The molecule has 1 N–H and O–H groups in total. The van der Waals surface area contributed by atoms with Crippen LogP contribution in [0.25, 0.3) is 0 Å². The van der Waals surface area contributed by atoms with Crippen LogP contribution < -0.4 is 4.72 Å². The van der Waals surface area contributed by atoms with E-state index in [1.807, 2.05) is 0 Å². The van der Waals surface area contributed by atoms with Crippen LogP contribution in [0.5, 0.6) is 0 Å². The Morgan fingerprint density at radius 3 is 2.38 bits per heavy atom. The molecule has 1 saturated heterocycles. The summed E-state index contributed by atoms with van der Waals surface area (Å²) in [6.07, 6.45) is 0.289. The summed E-state index contributed by atoms with van der Waals surface area (Å²) in [4.78, 5) is 14.2. The molecule has 8 heteroatoms. The first-order valence-electron chi connectivity index (χ1n) is 8.17. The lowest BCUT2D eigenvalue weighted by Gasteiger charge is -2.26. The third-order valence-electron chi connectivity index (χ3n) is 4.05. The number of carbonyl (C=O) groups is 1. The average molecular weight is 439 g/mol. The van der Waals surface area contributed by atoms with Crippen molar-refractivity contribution in [2.75, 3.05) is 31.0 Å². The summed E-state index contributed by atoms with van der Waals surface area (Å²) < 4.78 is 33.3. The number of hydrogen-bond donors (Lipinski definition) is 1. The number of halogens is 1. The van der Waals surface area contributed by atoms with E-state index >= 15 is 0 Å². The maximum absolute atomic E-state index is 12.5. The van der Waals surface area contributed by atoms with Gasteiger partial charge in [-0.15, -0.1) is 0 Å². The van der Waals surface area contributed by atoms with E-state index in [0.29, 0.717) is 36.5 Å². The summed E-state index contributed by atoms with van der Waals surface area (Å²) in [7, 11) is -3.68. The Hall–Kier alpha value is -1.90. The average Bonchev–Trinajstić information content (AvgIpc) is 2.64. The molecule has 0 aromatic heterocycles. The normalized spacial score (nSPS) is 14.9. The quantitative estimate of drug-likeness (QED) is 0.778. The molecule has 0 unspecified atom stereocenters. The topological polar surface area (TPSA) is 75.7 Å². The molecule has 1 aliphatic heterocycles. The lowest BCUT2D eigenvalue weighted by Crippen LogP contribution is -2.41. The number of anilines is 1. The van der Waals surface area contributed by atoms with Crippen molar-refractivity contribution in [3.05, 3.63) is 58.6 Å². The van der Waals surface area contributed by atoms with E-state index in [1.165, 1.54) is 6.07 Å². The summed E-state index contributed by atoms with van der Waals surface area (Å²) in [6.45, 7) is 2.37.